The third-order valence-corrected chi connectivity index (χ3v) is 8.07. The molecule has 1 aliphatic heterocycles. The van der Waals surface area contributed by atoms with Crippen LogP contribution in [0.4, 0.5) is 0 Å². The molecule has 23 heavy (non-hydrogen) atoms. The van der Waals surface area contributed by atoms with E-state index in [1.807, 2.05) is 6.92 Å². The Morgan fingerprint density at radius 3 is 2.26 bits per heavy atom. The molecule has 1 aromatic rings. The monoisotopic (exact) mass is 359 g/mol. The largest absolute Gasteiger partial charge is 0.351 e. The number of carbonyl (C=O) groups is 1. The van der Waals surface area contributed by atoms with E-state index in [2.05, 4.69) is 5.32 Å². The molecule has 1 fully saturated rings. The molecule has 2 rings (SSSR count). The van der Waals surface area contributed by atoms with Crippen LogP contribution >= 0.6 is 0 Å². The van der Waals surface area contributed by atoms with Crippen molar-refractivity contribution < 1.29 is 21.6 Å². The summed E-state index contributed by atoms with van der Waals surface area (Å²) in [5, 5.41) is 1.42. The maximum atomic E-state index is 12.8. The lowest BCUT2D eigenvalue weighted by Crippen LogP contribution is -2.47. The van der Waals surface area contributed by atoms with Gasteiger partial charge in [-0.3, -0.25) is 4.79 Å². The Morgan fingerprint density at radius 1 is 1.17 bits per heavy atom. The Bertz CT molecular complexity index is 795. The number of nitrogens with one attached hydrogen (secondary N) is 1. The van der Waals surface area contributed by atoms with Gasteiger partial charge in [-0.25, -0.2) is 16.8 Å². The number of sulfone groups is 2. The second kappa shape index (κ2) is 6.24. The zero-order valence-corrected chi connectivity index (χ0v) is 14.9. The zero-order chi connectivity index (χ0) is 17.4. The molecule has 1 heterocycles. The fraction of sp³-hybridized carbons (Fsp3) is 0.533. The maximum absolute atomic E-state index is 12.8. The molecule has 0 aliphatic carbocycles. The van der Waals surface area contributed by atoms with Crippen LogP contribution in [0.2, 0.25) is 0 Å². The van der Waals surface area contributed by atoms with Gasteiger partial charge in [0.05, 0.1) is 22.4 Å². The smallest absolute Gasteiger partial charge is 0.222 e. The van der Waals surface area contributed by atoms with Crippen LogP contribution in [-0.4, -0.2) is 45.5 Å². The first-order valence-electron chi connectivity index (χ1n) is 7.34. The Balaban J connectivity index is 2.37. The van der Waals surface area contributed by atoms with Gasteiger partial charge in [0, 0.05) is 5.92 Å². The number of amides is 1. The minimum absolute atomic E-state index is 0.0778. The summed E-state index contributed by atoms with van der Waals surface area (Å²) in [6.45, 7) is 5.17. The summed E-state index contributed by atoms with van der Waals surface area (Å²) >= 11 is 0. The summed E-state index contributed by atoms with van der Waals surface area (Å²) < 4.78 is 49.4. The Labute approximate surface area is 137 Å². The van der Waals surface area contributed by atoms with E-state index in [1.165, 1.54) is 12.1 Å². The molecule has 1 aliphatic rings. The lowest BCUT2D eigenvalue weighted by atomic mass is 10.2. The van der Waals surface area contributed by atoms with Gasteiger partial charge >= 0.3 is 0 Å². The van der Waals surface area contributed by atoms with E-state index in [4.69, 9.17) is 0 Å². The number of rotatable bonds is 4. The second-order valence-corrected chi connectivity index (χ2v) is 10.6. The molecule has 0 saturated carbocycles. The quantitative estimate of drug-likeness (QED) is 0.854. The third kappa shape index (κ3) is 3.92. The number of hydrogen-bond donors (Lipinski definition) is 1. The van der Waals surface area contributed by atoms with E-state index in [1.54, 1.807) is 26.0 Å². The van der Waals surface area contributed by atoms with Crippen molar-refractivity contribution in [1.82, 2.24) is 5.32 Å². The highest BCUT2D eigenvalue weighted by Gasteiger charge is 2.46. The third-order valence-electron chi connectivity index (χ3n) is 3.90. The van der Waals surface area contributed by atoms with E-state index >= 15 is 0 Å². The average Bonchev–Trinajstić information content (AvgIpc) is 2.74. The molecule has 1 amide bonds. The average molecular weight is 359 g/mol. The van der Waals surface area contributed by atoms with Crippen LogP contribution in [0.3, 0.4) is 0 Å². The van der Waals surface area contributed by atoms with Gasteiger partial charge in [-0.15, -0.1) is 0 Å². The van der Waals surface area contributed by atoms with Crippen molar-refractivity contribution in [2.75, 3.05) is 11.5 Å². The van der Waals surface area contributed by atoms with Crippen molar-refractivity contribution in [2.24, 2.45) is 5.92 Å². The van der Waals surface area contributed by atoms with E-state index in [0.29, 0.717) is 0 Å². The fourth-order valence-corrected chi connectivity index (χ4v) is 7.16. The summed E-state index contributed by atoms with van der Waals surface area (Å²) in [5.41, 5.74) is 0.910. The van der Waals surface area contributed by atoms with Crippen molar-refractivity contribution in [3.05, 3.63) is 29.8 Å². The predicted molar refractivity (Wildman–Crippen MR) is 87.6 cm³/mol. The topological polar surface area (TPSA) is 97.4 Å². The van der Waals surface area contributed by atoms with E-state index in [9.17, 15) is 21.6 Å². The first-order chi connectivity index (χ1) is 10.5. The SMILES string of the molecule is Cc1ccc(S(=O)(=O)[C@H]2CS(=O)(=O)C[C@@H]2NC(=O)C(C)C)cc1. The first-order valence-corrected chi connectivity index (χ1v) is 10.7. The van der Waals surface area contributed by atoms with Crippen molar-refractivity contribution in [3.8, 4) is 0 Å². The first kappa shape index (κ1) is 17.9. The number of hydrogen-bond acceptors (Lipinski definition) is 5. The molecule has 128 valence electrons. The van der Waals surface area contributed by atoms with Crippen molar-refractivity contribution >= 4 is 25.6 Å². The molecule has 8 heteroatoms. The molecule has 2 atom stereocenters. The van der Waals surface area contributed by atoms with Crippen LogP contribution in [-0.2, 0) is 24.5 Å². The summed E-state index contributed by atoms with van der Waals surface area (Å²) in [4.78, 5) is 11.9. The lowest BCUT2D eigenvalue weighted by Gasteiger charge is -2.21. The van der Waals surface area contributed by atoms with Crippen LogP contribution in [0.15, 0.2) is 29.2 Å². The van der Waals surface area contributed by atoms with Crippen LogP contribution in [0.5, 0.6) is 0 Å². The van der Waals surface area contributed by atoms with Gasteiger partial charge in [0.2, 0.25) is 5.91 Å². The van der Waals surface area contributed by atoms with Gasteiger partial charge < -0.3 is 5.32 Å². The van der Waals surface area contributed by atoms with Gasteiger partial charge in [0.15, 0.2) is 19.7 Å². The molecular formula is C15H21NO5S2. The maximum Gasteiger partial charge on any atom is 0.222 e. The highest BCUT2D eigenvalue weighted by Crippen LogP contribution is 2.26. The minimum Gasteiger partial charge on any atom is -0.351 e. The Kier molecular flexibility index (Phi) is 4.86. The molecule has 1 saturated heterocycles. The molecule has 0 radical (unpaired) electrons. The van der Waals surface area contributed by atoms with Gasteiger partial charge in [0.25, 0.3) is 0 Å². The number of aryl methyl sites for hydroxylation is 1. The number of carbonyl (C=O) groups excluding carboxylic acids is 1. The highest BCUT2D eigenvalue weighted by molar-refractivity contribution is 7.96. The van der Waals surface area contributed by atoms with Gasteiger partial charge in [-0.1, -0.05) is 31.5 Å². The van der Waals surface area contributed by atoms with E-state index in [-0.39, 0.29) is 22.5 Å². The van der Waals surface area contributed by atoms with Crippen molar-refractivity contribution in [3.63, 3.8) is 0 Å². The van der Waals surface area contributed by atoms with Crippen LogP contribution in [0.1, 0.15) is 19.4 Å². The molecule has 1 aromatic carbocycles. The van der Waals surface area contributed by atoms with E-state index < -0.39 is 36.7 Å². The van der Waals surface area contributed by atoms with Gasteiger partial charge in [0.1, 0.15) is 5.25 Å². The summed E-state index contributed by atoms with van der Waals surface area (Å²) in [5.74, 6) is -1.51. The zero-order valence-electron chi connectivity index (χ0n) is 13.3. The predicted octanol–water partition coefficient (Wildman–Crippen LogP) is 0.707. The lowest BCUT2D eigenvalue weighted by molar-refractivity contribution is -0.124. The molecule has 6 nitrogen and oxygen atoms in total. The molecule has 0 bridgehead atoms. The summed E-state index contributed by atoms with van der Waals surface area (Å²) in [7, 11) is -7.35. The van der Waals surface area contributed by atoms with Crippen molar-refractivity contribution in [2.45, 2.75) is 37.0 Å². The standard InChI is InChI=1S/C15H21NO5S2/c1-10(2)15(17)16-13-8-22(18,19)9-14(13)23(20,21)12-6-4-11(3)5-7-12/h4-7,10,13-14H,8-9H2,1-3H3,(H,16,17)/t13-,14-/m0/s1. The Morgan fingerprint density at radius 2 is 1.74 bits per heavy atom. The van der Waals surface area contributed by atoms with Gasteiger partial charge in [-0.2, -0.15) is 0 Å². The van der Waals surface area contributed by atoms with Crippen molar-refractivity contribution in [1.29, 1.82) is 0 Å². The van der Waals surface area contributed by atoms with Crippen LogP contribution in [0, 0.1) is 12.8 Å². The summed E-state index contributed by atoms with van der Waals surface area (Å²) in [6, 6.07) is 5.35. The molecule has 0 unspecified atom stereocenters. The highest BCUT2D eigenvalue weighted by atomic mass is 32.2. The summed E-state index contributed by atoms with van der Waals surface area (Å²) in [6.07, 6.45) is 0. The number of benzene rings is 1. The molecule has 0 aromatic heterocycles. The van der Waals surface area contributed by atoms with Crippen LogP contribution < -0.4 is 5.32 Å². The van der Waals surface area contributed by atoms with E-state index in [0.717, 1.165) is 5.56 Å². The van der Waals surface area contributed by atoms with Crippen LogP contribution in [0.25, 0.3) is 0 Å². The minimum atomic E-state index is -3.84. The second-order valence-electron chi connectivity index (χ2n) is 6.24. The van der Waals surface area contributed by atoms with Gasteiger partial charge in [-0.05, 0) is 19.1 Å². The Hall–Kier alpha value is -1.41. The normalized spacial score (nSPS) is 23.8. The molecule has 1 N–H and O–H groups in total. The molecule has 0 spiro atoms. The fourth-order valence-electron chi connectivity index (χ4n) is 2.51. The molecular weight excluding hydrogens is 338 g/mol.